The minimum absolute atomic E-state index is 0.0564. The Labute approximate surface area is 203 Å². The van der Waals surface area contributed by atoms with Crippen molar-refractivity contribution in [3.8, 4) is 5.69 Å². The van der Waals surface area contributed by atoms with Crippen molar-refractivity contribution in [3.05, 3.63) is 51.1 Å². The van der Waals surface area contributed by atoms with Crippen LogP contribution in [-0.4, -0.2) is 75.6 Å². The lowest BCUT2D eigenvalue weighted by Gasteiger charge is -2.26. The summed E-state index contributed by atoms with van der Waals surface area (Å²) in [6, 6.07) is 9.58. The minimum Gasteiger partial charge on any atom is -0.378 e. The third-order valence-electron chi connectivity index (χ3n) is 6.48. The number of carbonyl (C=O) groups excluding carboxylic acids is 1. The summed E-state index contributed by atoms with van der Waals surface area (Å²) in [6.07, 6.45) is 0.872. The second kappa shape index (κ2) is 8.81. The van der Waals surface area contributed by atoms with Crippen LogP contribution in [0.25, 0.3) is 21.7 Å². The van der Waals surface area contributed by atoms with Crippen molar-refractivity contribution >= 4 is 45.0 Å². The Morgan fingerprint density at radius 2 is 2.00 bits per heavy atom. The molecule has 34 heavy (non-hydrogen) atoms. The normalized spacial score (nSPS) is 18.5. The van der Waals surface area contributed by atoms with Crippen LogP contribution in [0.15, 0.2) is 40.3 Å². The van der Waals surface area contributed by atoms with Gasteiger partial charge in [-0.3, -0.25) is 9.59 Å². The fraction of sp³-hybridized carbons (Fsp3) is 0.391. The molecule has 1 unspecified atom stereocenters. The molecule has 0 radical (unpaired) electrons. The summed E-state index contributed by atoms with van der Waals surface area (Å²) < 4.78 is 8.99. The molecule has 1 N–H and O–H groups in total. The van der Waals surface area contributed by atoms with Crippen LogP contribution in [-0.2, 0) is 22.5 Å². The van der Waals surface area contributed by atoms with Crippen molar-refractivity contribution in [1.29, 1.82) is 0 Å². The number of morpholine rings is 1. The van der Waals surface area contributed by atoms with Gasteiger partial charge in [-0.15, -0.1) is 21.5 Å². The summed E-state index contributed by atoms with van der Waals surface area (Å²) in [4.78, 5) is 32.0. The molecule has 5 heterocycles. The number of thioether (sulfide) groups is 1. The lowest BCUT2D eigenvalue weighted by molar-refractivity contribution is -0.895. The molecule has 1 saturated heterocycles. The summed E-state index contributed by atoms with van der Waals surface area (Å²) in [5.41, 5.74) is 1.85. The zero-order valence-corrected chi connectivity index (χ0v) is 20.5. The largest absolute Gasteiger partial charge is 0.378 e. The monoisotopic (exact) mass is 497 g/mol. The number of likely N-dealkylation sites (N-methyl/N-ethyl adjacent to an activating group) is 1. The Morgan fingerprint density at radius 3 is 2.79 bits per heavy atom. The molecule has 9 nitrogen and oxygen atoms in total. The maximum Gasteiger partial charge on any atom is 0.268 e. The van der Waals surface area contributed by atoms with Gasteiger partial charge in [0.25, 0.3) is 5.56 Å². The van der Waals surface area contributed by atoms with Crippen molar-refractivity contribution in [2.45, 2.75) is 18.1 Å². The third kappa shape index (κ3) is 3.63. The van der Waals surface area contributed by atoms with Crippen LogP contribution in [0.2, 0.25) is 0 Å². The SMILES string of the molecule is C[NH+]1CCc2c(sc3c2c(=O)n(-c2ccccc2)c2nnc(SCC(=O)N4CCOCC4)n32)C1. The van der Waals surface area contributed by atoms with E-state index in [4.69, 9.17) is 4.74 Å². The number of para-hydroxylation sites is 1. The Morgan fingerprint density at radius 1 is 1.21 bits per heavy atom. The second-order valence-electron chi connectivity index (χ2n) is 8.69. The molecule has 1 atom stereocenters. The summed E-state index contributed by atoms with van der Waals surface area (Å²) in [5.74, 6) is 0.808. The van der Waals surface area contributed by atoms with Crippen LogP contribution in [0.3, 0.4) is 0 Å². The van der Waals surface area contributed by atoms with Gasteiger partial charge < -0.3 is 14.5 Å². The van der Waals surface area contributed by atoms with E-state index >= 15 is 0 Å². The Bertz CT molecular complexity index is 1440. The van der Waals surface area contributed by atoms with Crippen molar-refractivity contribution in [2.24, 2.45) is 0 Å². The van der Waals surface area contributed by atoms with Gasteiger partial charge in [-0.25, -0.2) is 8.97 Å². The van der Waals surface area contributed by atoms with Gasteiger partial charge in [0.2, 0.25) is 11.7 Å². The van der Waals surface area contributed by atoms with Crippen LogP contribution >= 0.6 is 23.1 Å². The molecule has 176 valence electrons. The van der Waals surface area contributed by atoms with Gasteiger partial charge in [0.05, 0.1) is 48.5 Å². The summed E-state index contributed by atoms with van der Waals surface area (Å²) >= 11 is 3.03. The fourth-order valence-electron chi connectivity index (χ4n) is 4.70. The molecule has 1 amide bonds. The quantitative estimate of drug-likeness (QED) is 0.416. The highest BCUT2D eigenvalue weighted by molar-refractivity contribution is 7.99. The number of hydrogen-bond acceptors (Lipinski definition) is 7. The lowest BCUT2D eigenvalue weighted by atomic mass is 10.1. The van der Waals surface area contributed by atoms with Crippen LogP contribution in [0.4, 0.5) is 0 Å². The molecule has 4 aromatic rings. The van der Waals surface area contributed by atoms with Gasteiger partial charge in [-0.1, -0.05) is 30.0 Å². The minimum atomic E-state index is -0.0564. The summed E-state index contributed by atoms with van der Waals surface area (Å²) in [6.45, 7) is 4.29. The highest BCUT2D eigenvalue weighted by Crippen LogP contribution is 2.33. The second-order valence-corrected chi connectivity index (χ2v) is 10.7. The molecule has 0 saturated carbocycles. The Hall–Kier alpha value is -2.73. The van der Waals surface area contributed by atoms with Gasteiger partial charge >= 0.3 is 0 Å². The lowest BCUT2D eigenvalue weighted by Crippen LogP contribution is -3.08. The average molecular weight is 498 g/mol. The number of quaternary nitrogens is 1. The Balaban J connectivity index is 1.50. The zero-order valence-electron chi connectivity index (χ0n) is 18.8. The van der Waals surface area contributed by atoms with Crippen molar-refractivity contribution in [2.75, 3.05) is 45.6 Å². The van der Waals surface area contributed by atoms with Crippen LogP contribution < -0.4 is 10.5 Å². The first-order valence-electron chi connectivity index (χ1n) is 11.4. The number of rotatable bonds is 4. The van der Waals surface area contributed by atoms with Gasteiger partial charge in [0.15, 0.2) is 5.16 Å². The molecule has 1 aromatic carbocycles. The first kappa shape index (κ1) is 21.8. The summed E-state index contributed by atoms with van der Waals surface area (Å²) in [5, 5.41) is 10.2. The Kier molecular flexibility index (Phi) is 5.64. The number of ether oxygens (including phenoxy) is 1. The number of aromatic nitrogens is 4. The van der Waals surface area contributed by atoms with Gasteiger partial charge in [0.1, 0.15) is 11.4 Å². The molecule has 1 fully saturated rings. The van der Waals surface area contributed by atoms with Crippen LogP contribution in [0, 0.1) is 0 Å². The number of carbonyl (C=O) groups is 1. The van der Waals surface area contributed by atoms with E-state index in [0.717, 1.165) is 41.0 Å². The van der Waals surface area contributed by atoms with Crippen molar-refractivity contribution < 1.29 is 14.4 Å². The summed E-state index contributed by atoms with van der Waals surface area (Å²) in [7, 11) is 2.18. The van der Waals surface area contributed by atoms with E-state index in [2.05, 4.69) is 17.2 Å². The predicted octanol–water partition coefficient (Wildman–Crippen LogP) is 0.617. The van der Waals surface area contributed by atoms with Crippen LogP contribution in [0.5, 0.6) is 0 Å². The third-order valence-corrected chi connectivity index (χ3v) is 8.61. The van der Waals surface area contributed by atoms with E-state index in [-0.39, 0.29) is 17.2 Å². The smallest absolute Gasteiger partial charge is 0.268 e. The highest BCUT2D eigenvalue weighted by Gasteiger charge is 2.28. The van der Waals surface area contributed by atoms with Crippen LogP contribution in [0.1, 0.15) is 10.4 Å². The van der Waals surface area contributed by atoms with Crippen molar-refractivity contribution in [1.82, 2.24) is 24.1 Å². The van der Waals surface area contributed by atoms with E-state index in [9.17, 15) is 9.59 Å². The van der Waals surface area contributed by atoms with E-state index in [1.807, 2.05) is 39.6 Å². The van der Waals surface area contributed by atoms with E-state index in [0.29, 0.717) is 37.2 Å². The maximum absolute atomic E-state index is 13.8. The first-order chi connectivity index (χ1) is 16.6. The molecule has 11 heteroatoms. The number of fused-ring (bicyclic) bond motifs is 5. The molecule has 2 aliphatic heterocycles. The van der Waals surface area contributed by atoms with Gasteiger partial charge in [0, 0.05) is 19.5 Å². The van der Waals surface area contributed by atoms with E-state index in [1.165, 1.54) is 21.5 Å². The molecule has 0 spiro atoms. The molecule has 0 aliphatic carbocycles. The van der Waals surface area contributed by atoms with Gasteiger partial charge in [-0.05, 0) is 17.7 Å². The highest BCUT2D eigenvalue weighted by atomic mass is 32.2. The van der Waals surface area contributed by atoms with E-state index < -0.39 is 0 Å². The number of benzene rings is 1. The molecule has 0 bridgehead atoms. The standard InChI is InChI=1S/C23H24N6O3S2/c1-26-8-7-16-17(13-26)34-21-19(16)20(31)28(15-5-3-2-4-6-15)22-24-25-23(29(21)22)33-14-18(30)27-9-11-32-12-10-27/h2-6H,7-14H2,1H3/p+1. The molecule has 6 rings (SSSR count). The van der Waals surface area contributed by atoms with Crippen molar-refractivity contribution in [3.63, 3.8) is 0 Å². The number of thiophene rings is 1. The molecular formula is C23H25N6O3S2+. The number of hydrogen-bond donors (Lipinski definition) is 1. The number of amides is 1. The fourth-order valence-corrected chi connectivity index (χ4v) is 7.05. The first-order valence-corrected chi connectivity index (χ1v) is 13.2. The number of nitrogens with one attached hydrogen (secondary N) is 1. The average Bonchev–Trinajstić information content (AvgIpc) is 3.45. The topological polar surface area (TPSA) is 86.2 Å². The number of nitrogens with zero attached hydrogens (tertiary/aromatic N) is 5. The molecular weight excluding hydrogens is 472 g/mol. The predicted molar refractivity (Wildman–Crippen MR) is 131 cm³/mol. The van der Waals surface area contributed by atoms with E-state index in [1.54, 1.807) is 15.9 Å². The molecule has 2 aliphatic rings. The zero-order chi connectivity index (χ0) is 23.2. The maximum atomic E-state index is 13.8. The van der Waals surface area contributed by atoms with Gasteiger partial charge in [-0.2, -0.15) is 0 Å². The molecule has 3 aromatic heterocycles.